The van der Waals surface area contributed by atoms with Crippen molar-refractivity contribution in [1.82, 2.24) is 0 Å². The molecular weight excluding hydrogens is 376 g/mol. The summed E-state index contributed by atoms with van der Waals surface area (Å²) in [4.78, 5) is 0. The van der Waals surface area contributed by atoms with E-state index >= 15 is 0 Å². The first kappa shape index (κ1) is 22.5. The van der Waals surface area contributed by atoms with Gasteiger partial charge in [0.25, 0.3) is 0 Å². The van der Waals surface area contributed by atoms with E-state index < -0.39 is 0 Å². The Balaban J connectivity index is 1.28. The van der Waals surface area contributed by atoms with E-state index in [1.54, 1.807) is 5.57 Å². The zero-order valence-electron chi connectivity index (χ0n) is 21.2. The average molecular weight is 427 g/mol. The maximum absolute atomic E-state index is 10.3. The third-order valence-corrected chi connectivity index (χ3v) is 11.9. The van der Waals surface area contributed by atoms with Gasteiger partial charge in [0.15, 0.2) is 0 Å². The number of aliphatic hydroxyl groups excluding tert-OH is 1. The molecule has 31 heavy (non-hydrogen) atoms. The summed E-state index contributed by atoms with van der Waals surface area (Å²) >= 11 is 0. The van der Waals surface area contributed by atoms with Gasteiger partial charge in [0.2, 0.25) is 0 Å². The van der Waals surface area contributed by atoms with Gasteiger partial charge < -0.3 is 5.11 Å². The molecule has 0 aliphatic heterocycles. The third-order valence-electron chi connectivity index (χ3n) is 11.9. The number of hydrogen-bond donors (Lipinski definition) is 1. The highest BCUT2D eigenvalue weighted by Gasteiger charge is 2.59. The largest absolute Gasteiger partial charge is 0.393 e. The first-order valence-corrected chi connectivity index (χ1v) is 14.1. The van der Waals surface area contributed by atoms with Crippen LogP contribution in [0.15, 0.2) is 11.6 Å². The lowest BCUT2D eigenvalue weighted by atomic mass is 9.47. The Labute approximate surface area is 192 Å². The fraction of sp³-hybridized carbons (Fsp3) is 0.933. The number of rotatable bonds is 6. The van der Waals surface area contributed by atoms with E-state index in [1.165, 1.54) is 64.2 Å². The highest BCUT2D eigenvalue weighted by molar-refractivity contribution is 5.25. The van der Waals surface area contributed by atoms with Crippen LogP contribution >= 0.6 is 0 Å². The zero-order valence-corrected chi connectivity index (χ0v) is 21.2. The minimum atomic E-state index is -0.0771. The van der Waals surface area contributed by atoms with E-state index in [2.05, 4.69) is 40.7 Å². The molecule has 0 bridgehead atoms. The van der Waals surface area contributed by atoms with Crippen LogP contribution < -0.4 is 0 Å². The van der Waals surface area contributed by atoms with E-state index in [-0.39, 0.29) is 6.10 Å². The number of fused-ring (bicyclic) bond motifs is 5. The van der Waals surface area contributed by atoms with Crippen LogP contribution in [-0.2, 0) is 0 Å². The van der Waals surface area contributed by atoms with Gasteiger partial charge in [-0.25, -0.2) is 0 Å². The van der Waals surface area contributed by atoms with Crippen LogP contribution in [-0.4, -0.2) is 11.2 Å². The first-order chi connectivity index (χ1) is 14.7. The van der Waals surface area contributed by atoms with Gasteiger partial charge in [-0.1, -0.05) is 52.7 Å². The molecule has 0 saturated heterocycles. The van der Waals surface area contributed by atoms with E-state index in [0.29, 0.717) is 10.8 Å². The first-order valence-electron chi connectivity index (χ1n) is 14.1. The normalized spacial score (nSPS) is 46.7. The summed E-state index contributed by atoms with van der Waals surface area (Å²) < 4.78 is 0. The van der Waals surface area contributed by atoms with E-state index in [9.17, 15) is 5.11 Å². The second kappa shape index (κ2) is 8.18. The lowest BCUT2D eigenvalue weighted by Gasteiger charge is -2.58. The van der Waals surface area contributed by atoms with Crippen LogP contribution in [0.4, 0.5) is 0 Å². The van der Waals surface area contributed by atoms with Crippen molar-refractivity contribution in [3.63, 3.8) is 0 Å². The number of hydrogen-bond acceptors (Lipinski definition) is 1. The van der Waals surface area contributed by atoms with Gasteiger partial charge in [-0.15, -0.1) is 0 Å². The Morgan fingerprint density at radius 2 is 1.71 bits per heavy atom. The number of allylic oxidation sites excluding steroid dienone is 1. The van der Waals surface area contributed by atoms with Crippen molar-refractivity contribution in [1.29, 1.82) is 0 Å². The van der Waals surface area contributed by atoms with Gasteiger partial charge in [0.05, 0.1) is 6.10 Å². The molecule has 4 fully saturated rings. The SMILES string of the molecule is CC(C)C(CC[C@@H](C)[C@H]1CCC2C3CC=C4C[C@@H](O)CC[C@]4(C)C3CC[C@@]21C)C1CC1. The molecule has 1 nitrogen and oxygen atoms in total. The Bertz CT molecular complexity index is 687. The molecule has 5 aliphatic rings. The molecule has 0 radical (unpaired) electrons. The summed E-state index contributed by atoms with van der Waals surface area (Å²) in [6.07, 6.45) is 18.9. The van der Waals surface area contributed by atoms with Crippen molar-refractivity contribution in [2.45, 2.75) is 118 Å². The summed E-state index contributed by atoms with van der Waals surface area (Å²) in [7, 11) is 0. The van der Waals surface area contributed by atoms with Crippen molar-refractivity contribution < 1.29 is 5.11 Å². The summed E-state index contributed by atoms with van der Waals surface area (Å²) in [5, 5.41) is 10.3. The Morgan fingerprint density at radius 1 is 0.935 bits per heavy atom. The second-order valence-corrected chi connectivity index (χ2v) is 13.7. The number of aliphatic hydroxyl groups is 1. The smallest absolute Gasteiger partial charge is 0.0577 e. The molecule has 0 aromatic carbocycles. The van der Waals surface area contributed by atoms with Crippen LogP contribution in [0.1, 0.15) is 112 Å². The fourth-order valence-electron chi connectivity index (χ4n) is 9.91. The summed E-state index contributed by atoms with van der Waals surface area (Å²) in [5.41, 5.74) is 2.60. The van der Waals surface area contributed by atoms with Gasteiger partial charge in [-0.05, 0) is 129 Å². The maximum atomic E-state index is 10.3. The molecule has 0 aromatic rings. The standard InChI is InChI=1S/C30H50O/c1-19(2)24(21-7-8-21)10-6-20(3)26-12-13-27-25-11-9-22-18-23(31)14-16-29(22,4)28(25)15-17-30(26,27)5/h9,19-21,23-28,31H,6-8,10-18H2,1-5H3/t20-,23+,24?,25?,26-,27?,28?,29+,30-/m1/s1. The minimum absolute atomic E-state index is 0.0771. The molecule has 0 heterocycles. The summed E-state index contributed by atoms with van der Waals surface area (Å²) in [5.74, 6) is 7.53. The molecule has 0 aromatic heterocycles. The van der Waals surface area contributed by atoms with Gasteiger partial charge in [0.1, 0.15) is 0 Å². The van der Waals surface area contributed by atoms with Crippen LogP contribution in [0.2, 0.25) is 0 Å². The van der Waals surface area contributed by atoms with Crippen LogP contribution in [0.25, 0.3) is 0 Å². The molecule has 4 unspecified atom stereocenters. The van der Waals surface area contributed by atoms with Crippen molar-refractivity contribution >= 4 is 0 Å². The monoisotopic (exact) mass is 426 g/mol. The lowest BCUT2D eigenvalue weighted by Crippen LogP contribution is -2.50. The topological polar surface area (TPSA) is 20.2 Å². The third kappa shape index (κ3) is 3.77. The molecule has 0 spiro atoms. The van der Waals surface area contributed by atoms with Crippen molar-refractivity contribution in [2.24, 2.45) is 58.2 Å². The van der Waals surface area contributed by atoms with Gasteiger partial charge >= 0.3 is 0 Å². The van der Waals surface area contributed by atoms with Crippen LogP contribution in [0.5, 0.6) is 0 Å². The predicted molar refractivity (Wildman–Crippen MR) is 131 cm³/mol. The molecule has 5 rings (SSSR count). The van der Waals surface area contributed by atoms with Gasteiger partial charge in [-0.3, -0.25) is 0 Å². The predicted octanol–water partition coefficient (Wildman–Crippen LogP) is 8.02. The molecule has 9 atom stereocenters. The summed E-state index contributed by atoms with van der Waals surface area (Å²) in [6, 6.07) is 0. The van der Waals surface area contributed by atoms with Gasteiger partial charge in [-0.2, -0.15) is 0 Å². The average Bonchev–Trinajstić information content (AvgIpc) is 3.48. The van der Waals surface area contributed by atoms with E-state index in [0.717, 1.165) is 60.2 Å². The van der Waals surface area contributed by atoms with E-state index in [1.807, 2.05) is 0 Å². The highest BCUT2D eigenvalue weighted by atomic mass is 16.3. The van der Waals surface area contributed by atoms with Crippen LogP contribution in [0, 0.1) is 58.2 Å². The highest BCUT2D eigenvalue weighted by Crippen LogP contribution is 2.67. The van der Waals surface area contributed by atoms with E-state index in [4.69, 9.17) is 0 Å². The molecule has 176 valence electrons. The molecule has 1 N–H and O–H groups in total. The fourth-order valence-corrected chi connectivity index (χ4v) is 9.91. The van der Waals surface area contributed by atoms with Crippen LogP contribution in [0.3, 0.4) is 0 Å². The molecule has 1 heteroatoms. The van der Waals surface area contributed by atoms with Gasteiger partial charge in [0, 0.05) is 0 Å². The van der Waals surface area contributed by atoms with Crippen molar-refractivity contribution in [3.05, 3.63) is 11.6 Å². The Morgan fingerprint density at radius 3 is 2.42 bits per heavy atom. The zero-order chi connectivity index (χ0) is 22.0. The summed E-state index contributed by atoms with van der Waals surface area (Å²) in [6.45, 7) is 12.9. The quantitative estimate of drug-likeness (QED) is 0.426. The van der Waals surface area contributed by atoms with Crippen molar-refractivity contribution in [3.8, 4) is 0 Å². The Hall–Kier alpha value is -0.300. The molecular formula is C30H50O. The minimum Gasteiger partial charge on any atom is -0.393 e. The molecule has 4 saturated carbocycles. The molecule has 0 amide bonds. The lowest BCUT2D eigenvalue weighted by molar-refractivity contribution is -0.0575. The maximum Gasteiger partial charge on any atom is 0.0577 e. The molecule has 5 aliphatic carbocycles. The van der Waals surface area contributed by atoms with Crippen molar-refractivity contribution in [2.75, 3.05) is 0 Å². The Kier molecular flexibility index (Phi) is 5.93. The second-order valence-electron chi connectivity index (χ2n) is 13.7.